The minimum absolute atomic E-state index is 0.0281. The van der Waals surface area contributed by atoms with Crippen molar-refractivity contribution in [2.24, 2.45) is 0 Å². The Hall–Kier alpha value is -1.73. The third kappa shape index (κ3) is 2.14. The molecule has 0 aliphatic carbocycles. The van der Waals surface area contributed by atoms with E-state index < -0.39 is 14.8 Å². The molecule has 0 N–H and O–H groups in total. The summed E-state index contributed by atoms with van der Waals surface area (Å²) in [5.74, 6) is 0. The van der Waals surface area contributed by atoms with Crippen LogP contribution in [0.2, 0.25) is 0 Å². The molecule has 0 amide bonds. The van der Waals surface area contributed by atoms with E-state index in [-0.39, 0.29) is 14.1 Å². The van der Waals surface area contributed by atoms with Crippen molar-refractivity contribution in [1.82, 2.24) is 0 Å². The van der Waals surface area contributed by atoms with Crippen molar-refractivity contribution in [3.05, 3.63) is 52.1 Å². The molecule has 0 unspecified atom stereocenters. The van der Waals surface area contributed by atoms with Crippen LogP contribution in [0.1, 0.15) is 5.56 Å². The smallest absolute Gasteiger partial charge is 0.258 e. The summed E-state index contributed by atoms with van der Waals surface area (Å²) in [6, 6.07) is 9.17. The predicted octanol–water partition coefficient (Wildman–Crippen LogP) is 2.80. The van der Waals surface area contributed by atoms with Gasteiger partial charge in [-0.25, -0.2) is 8.42 Å². The Balaban J connectivity index is 2.59. The van der Waals surface area contributed by atoms with E-state index >= 15 is 0 Å². The molecule has 94 valence electrons. The van der Waals surface area contributed by atoms with Crippen molar-refractivity contribution >= 4 is 26.2 Å². The van der Waals surface area contributed by atoms with Gasteiger partial charge in [-0.2, -0.15) is 0 Å². The molecule has 0 radical (unpaired) electrons. The summed E-state index contributed by atoms with van der Waals surface area (Å²) in [6.07, 6.45) is 0. The molecule has 2 aromatic rings. The van der Waals surface area contributed by atoms with Gasteiger partial charge < -0.3 is 0 Å². The highest BCUT2D eigenvalue weighted by molar-refractivity contribution is 7.93. The van der Waals surface area contributed by atoms with E-state index in [1.54, 1.807) is 25.1 Å². The minimum atomic E-state index is -3.67. The van der Waals surface area contributed by atoms with Gasteiger partial charge in [0.2, 0.25) is 9.84 Å². The Morgan fingerprint density at radius 2 is 1.83 bits per heavy atom. The molecule has 2 rings (SSSR count). The van der Waals surface area contributed by atoms with Crippen LogP contribution in [0.25, 0.3) is 0 Å². The third-order valence-electron chi connectivity index (χ3n) is 2.34. The van der Waals surface area contributed by atoms with E-state index in [1.165, 1.54) is 18.2 Å². The van der Waals surface area contributed by atoms with E-state index in [2.05, 4.69) is 0 Å². The van der Waals surface area contributed by atoms with Crippen molar-refractivity contribution in [2.75, 3.05) is 0 Å². The van der Waals surface area contributed by atoms with Gasteiger partial charge in [-0.05, 0) is 24.6 Å². The largest absolute Gasteiger partial charge is 0.325 e. The molecule has 0 atom stereocenters. The first-order chi connectivity index (χ1) is 8.43. The monoisotopic (exact) mass is 283 g/mol. The zero-order chi connectivity index (χ0) is 13.3. The van der Waals surface area contributed by atoms with E-state index in [0.29, 0.717) is 16.9 Å². The molecule has 0 bridgehead atoms. The summed E-state index contributed by atoms with van der Waals surface area (Å²) in [4.78, 5) is 10.2. The molecule has 5 nitrogen and oxygen atoms in total. The van der Waals surface area contributed by atoms with E-state index in [4.69, 9.17) is 0 Å². The average molecular weight is 283 g/mol. The Morgan fingerprint density at radius 3 is 2.33 bits per heavy atom. The van der Waals surface area contributed by atoms with Gasteiger partial charge in [-0.15, -0.1) is 0 Å². The number of rotatable bonds is 3. The summed E-state index contributed by atoms with van der Waals surface area (Å²) in [6.45, 7) is 1.55. The van der Waals surface area contributed by atoms with Crippen LogP contribution in [0.5, 0.6) is 0 Å². The topological polar surface area (TPSA) is 77.3 Å². The number of thiophene rings is 1. The van der Waals surface area contributed by atoms with E-state index in [9.17, 15) is 18.5 Å². The van der Waals surface area contributed by atoms with Gasteiger partial charge in [-0.3, -0.25) is 10.1 Å². The van der Waals surface area contributed by atoms with E-state index in [0.717, 1.165) is 0 Å². The van der Waals surface area contributed by atoms with Crippen LogP contribution >= 0.6 is 11.3 Å². The van der Waals surface area contributed by atoms with Crippen molar-refractivity contribution in [2.45, 2.75) is 16.0 Å². The highest BCUT2D eigenvalue weighted by Gasteiger charge is 2.25. The van der Waals surface area contributed by atoms with E-state index in [1.807, 2.05) is 0 Å². The van der Waals surface area contributed by atoms with Crippen LogP contribution in [0.15, 0.2) is 45.5 Å². The standard InChI is InChI=1S/C11H9NO4S2/c1-8-7-10(12(13)14)17-11(8)18(15,16)9-5-3-2-4-6-9/h2-7H,1H3. The van der Waals surface area contributed by atoms with Gasteiger partial charge in [0, 0.05) is 6.07 Å². The first-order valence-corrected chi connectivity index (χ1v) is 7.28. The number of nitrogens with zero attached hydrogens (tertiary/aromatic N) is 1. The fraction of sp³-hybridized carbons (Fsp3) is 0.0909. The Kier molecular flexibility index (Phi) is 3.18. The highest BCUT2D eigenvalue weighted by atomic mass is 32.2. The molecule has 1 aromatic carbocycles. The molecule has 7 heteroatoms. The Morgan fingerprint density at radius 1 is 1.22 bits per heavy atom. The lowest BCUT2D eigenvalue weighted by Gasteiger charge is -2.01. The minimum Gasteiger partial charge on any atom is -0.258 e. The fourth-order valence-corrected chi connectivity index (χ4v) is 4.43. The maximum absolute atomic E-state index is 12.3. The van der Waals surface area contributed by atoms with Crippen LogP contribution < -0.4 is 0 Å². The van der Waals surface area contributed by atoms with Crippen LogP contribution in [-0.2, 0) is 9.84 Å². The Bertz CT molecular complexity index is 689. The summed E-state index contributed by atoms with van der Waals surface area (Å²) < 4.78 is 24.6. The SMILES string of the molecule is Cc1cc([N+](=O)[O-])sc1S(=O)(=O)c1ccccc1. The Labute approximate surface area is 108 Å². The molecule has 0 aliphatic heterocycles. The van der Waals surface area contributed by atoms with Gasteiger partial charge >= 0.3 is 5.00 Å². The van der Waals surface area contributed by atoms with Gasteiger partial charge in [0.25, 0.3) is 0 Å². The number of sulfone groups is 1. The normalized spacial score (nSPS) is 11.4. The van der Waals surface area contributed by atoms with Crippen LogP contribution in [-0.4, -0.2) is 13.3 Å². The van der Waals surface area contributed by atoms with Crippen molar-refractivity contribution in [3.8, 4) is 0 Å². The maximum Gasteiger partial charge on any atom is 0.325 e. The zero-order valence-corrected chi connectivity index (χ0v) is 11.0. The first-order valence-electron chi connectivity index (χ1n) is 4.98. The lowest BCUT2D eigenvalue weighted by atomic mass is 10.4. The van der Waals surface area contributed by atoms with Crippen LogP contribution in [0, 0.1) is 17.0 Å². The molecule has 0 saturated carbocycles. The highest BCUT2D eigenvalue weighted by Crippen LogP contribution is 2.35. The molecule has 0 saturated heterocycles. The summed E-state index contributed by atoms with van der Waals surface area (Å²) in [7, 11) is -3.67. The summed E-state index contributed by atoms with van der Waals surface area (Å²) in [5, 5.41) is 10.5. The van der Waals surface area contributed by atoms with Gasteiger partial charge in [0.15, 0.2) is 0 Å². The second kappa shape index (κ2) is 4.51. The van der Waals surface area contributed by atoms with Crippen LogP contribution in [0.3, 0.4) is 0 Å². The molecule has 0 fully saturated rings. The molecule has 0 spiro atoms. The number of hydrogen-bond donors (Lipinski definition) is 0. The summed E-state index contributed by atoms with van der Waals surface area (Å²) in [5.41, 5.74) is 0.399. The van der Waals surface area contributed by atoms with Gasteiger partial charge in [0.1, 0.15) is 4.21 Å². The van der Waals surface area contributed by atoms with Gasteiger partial charge in [-0.1, -0.05) is 29.5 Å². The van der Waals surface area contributed by atoms with Gasteiger partial charge in [0.05, 0.1) is 9.82 Å². The quantitative estimate of drug-likeness (QED) is 0.641. The van der Waals surface area contributed by atoms with Crippen molar-refractivity contribution < 1.29 is 13.3 Å². The average Bonchev–Trinajstić information content (AvgIpc) is 2.73. The lowest BCUT2D eigenvalue weighted by Crippen LogP contribution is -2.00. The third-order valence-corrected chi connectivity index (χ3v) is 5.93. The lowest BCUT2D eigenvalue weighted by molar-refractivity contribution is -0.380. The number of benzene rings is 1. The second-order valence-corrected chi connectivity index (χ2v) is 6.80. The first kappa shape index (κ1) is 12.7. The fourth-order valence-electron chi connectivity index (χ4n) is 1.51. The second-order valence-electron chi connectivity index (χ2n) is 3.63. The predicted molar refractivity (Wildman–Crippen MR) is 67.6 cm³/mol. The molecule has 0 aliphatic rings. The molecule has 18 heavy (non-hydrogen) atoms. The zero-order valence-electron chi connectivity index (χ0n) is 9.36. The van der Waals surface area contributed by atoms with Crippen molar-refractivity contribution in [1.29, 1.82) is 0 Å². The van der Waals surface area contributed by atoms with Crippen molar-refractivity contribution in [3.63, 3.8) is 0 Å². The number of aryl methyl sites for hydroxylation is 1. The van der Waals surface area contributed by atoms with Crippen LogP contribution in [0.4, 0.5) is 5.00 Å². The molecular formula is C11H9NO4S2. The maximum atomic E-state index is 12.3. The molecule has 1 aromatic heterocycles. The summed E-state index contributed by atoms with van der Waals surface area (Å²) >= 11 is 0.682. The molecule has 1 heterocycles. The number of hydrogen-bond acceptors (Lipinski definition) is 5. The molecular weight excluding hydrogens is 274 g/mol. The number of nitro groups is 1.